The molecule has 0 radical (unpaired) electrons. The van der Waals surface area contributed by atoms with E-state index < -0.39 is 0 Å². The van der Waals surface area contributed by atoms with Crippen molar-refractivity contribution < 1.29 is 13.7 Å². The first-order valence-electron chi connectivity index (χ1n) is 34.9. The highest BCUT2D eigenvalue weighted by molar-refractivity contribution is 5.87. The van der Waals surface area contributed by atoms with Crippen molar-refractivity contribution >= 4 is 0 Å². The molecule has 6 aromatic heterocycles. The standard InChI is InChI=1S/C31H31N2.C30H29N2.C29H29N2/c1-20-7-10-23(11-8-20)24-13-16-33(4)29(18-24)26-19-28-27(17-21(26)2)25-12-9-22(3)32-30(25)31(28)14-5-6-15-31;1-20-17-26-24-13-11-21(2)31-29(24)30(15-7-8-16-30)27(26)18-25(20)28-14-12-23(19-32(28)3)22-9-5-4-6-10-22;1-18-14-24-22-13-12-20(3)30-28(22)29(4,5)26(24)16-23(18)27-15-19(2)25(17-31(27)6)21-10-8-7-9-11-21/h7-13,16-19H,5-6,14-15H2,1-4H3;4-6,9-14,17-19H,7-8,15-16H2,1-3H3;7-17H,1-6H3/q3*+1. The van der Waals surface area contributed by atoms with Crippen molar-refractivity contribution in [3.8, 4) is 101 Å². The van der Waals surface area contributed by atoms with Crippen LogP contribution < -0.4 is 13.7 Å². The van der Waals surface area contributed by atoms with Gasteiger partial charge in [-0.25, -0.2) is 13.7 Å². The predicted octanol–water partition coefficient (Wildman–Crippen LogP) is 20.2. The molecule has 476 valence electrons. The van der Waals surface area contributed by atoms with E-state index in [4.69, 9.17) is 15.0 Å². The van der Waals surface area contributed by atoms with Gasteiger partial charge in [-0.1, -0.05) is 166 Å². The first-order valence-corrected chi connectivity index (χ1v) is 34.9. The Balaban J connectivity index is 0.000000118. The van der Waals surface area contributed by atoms with Crippen molar-refractivity contribution in [3.63, 3.8) is 0 Å². The normalized spacial score (nSPS) is 15.1. The fraction of sp³-hybridized carbons (Fsp3) is 0.267. The lowest BCUT2D eigenvalue weighted by Crippen LogP contribution is -2.31. The van der Waals surface area contributed by atoms with E-state index in [1.807, 2.05) is 0 Å². The molecule has 0 unspecified atom stereocenters. The third kappa shape index (κ3) is 10.5. The number of nitrogens with zero attached hydrogens (tertiary/aromatic N) is 6. The zero-order valence-corrected chi connectivity index (χ0v) is 58.5. The van der Waals surface area contributed by atoms with Crippen LogP contribution in [0.3, 0.4) is 0 Å². The first kappa shape index (κ1) is 62.3. The summed E-state index contributed by atoms with van der Waals surface area (Å²) in [7, 11) is 6.48. The molecule has 96 heavy (non-hydrogen) atoms. The van der Waals surface area contributed by atoms with Gasteiger partial charge >= 0.3 is 0 Å². The molecule has 0 saturated heterocycles. The van der Waals surface area contributed by atoms with Crippen LogP contribution >= 0.6 is 0 Å². The Hall–Kier alpha value is -9.78. The number of fused-ring (bicyclic) bond motifs is 13. The van der Waals surface area contributed by atoms with Crippen LogP contribution in [0.1, 0.15) is 144 Å². The summed E-state index contributed by atoms with van der Waals surface area (Å²) in [4.78, 5) is 15.1. The van der Waals surface area contributed by atoms with Gasteiger partial charge in [0.25, 0.3) is 0 Å². The van der Waals surface area contributed by atoms with Crippen LogP contribution in [-0.2, 0) is 37.4 Å². The fourth-order valence-corrected chi connectivity index (χ4v) is 17.2. The molecule has 2 fully saturated rings. The van der Waals surface area contributed by atoms with Gasteiger partial charge in [-0.15, -0.1) is 0 Å². The van der Waals surface area contributed by atoms with E-state index in [1.54, 1.807) is 0 Å². The Morgan fingerprint density at radius 1 is 0.302 bits per heavy atom. The third-order valence-electron chi connectivity index (χ3n) is 22.4. The number of hydrogen-bond donors (Lipinski definition) is 0. The number of rotatable bonds is 6. The van der Waals surface area contributed by atoms with E-state index in [0.29, 0.717) is 0 Å². The molecule has 0 amide bonds. The van der Waals surface area contributed by atoms with Gasteiger partial charge in [0.1, 0.15) is 21.1 Å². The van der Waals surface area contributed by atoms with E-state index in [9.17, 15) is 0 Å². The largest absolute Gasteiger partial charge is 0.257 e. The quantitative estimate of drug-likeness (QED) is 0.156. The van der Waals surface area contributed by atoms with Crippen LogP contribution in [0, 0.1) is 55.4 Å². The van der Waals surface area contributed by atoms with Gasteiger partial charge in [-0.05, 0) is 201 Å². The smallest absolute Gasteiger partial charge is 0.213 e. The highest BCUT2D eigenvalue weighted by atomic mass is 14.9. The lowest BCUT2D eigenvalue weighted by atomic mass is 9.78. The third-order valence-corrected chi connectivity index (χ3v) is 22.4. The molecule has 0 bridgehead atoms. The molecule has 6 nitrogen and oxygen atoms in total. The van der Waals surface area contributed by atoms with Crippen LogP contribution in [0.15, 0.2) is 207 Å². The van der Waals surface area contributed by atoms with Crippen molar-refractivity contribution in [1.82, 2.24) is 15.0 Å². The summed E-state index contributed by atoms with van der Waals surface area (Å²) in [6, 6.07) is 69.4. The molecule has 2 spiro atoms. The lowest BCUT2D eigenvalue weighted by Gasteiger charge is -2.26. The molecule has 6 heterocycles. The molecule has 17 rings (SSSR count). The molecule has 6 heteroatoms. The van der Waals surface area contributed by atoms with Gasteiger partial charge in [0.05, 0.1) is 17.1 Å². The maximum atomic E-state index is 5.11. The molecule has 5 aliphatic carbocycles. The molecular formula is C90H89N6+3. The molecule has 6 aromatic carbocycles. The zero-order valence-electron chi connectivity index (χ0n) is 58.5. The number of pyridine rings is 6. The molecule has 0 aliphatic heterocycles. The molecule has 0 atom stereocenters. The topological polar surface area (TPSA) is 50.3 Å². The Bertz CT molecular complexity index is 5080. The van der Waals surface area contributed by atoms with E-state index in [2.05, 4.69) is 311 Å². The second-order valence-corrected chi connectivity index (χ2v) is 29.2. The van der Waals surface area contributed by atoms with Crippen LogP contribution in [0.2, 0.25) is 0 Å². The predicted molar refractivity (Wildman–Crippen MR) is 394 cm³/mol. The van der Waals surface area contributed by atoms with Gasteiger partial charge in [0.2, 0.25) is 17.1 Å². The Morgan fingerprint density at radius 2 is 0.719 bits per heavy atom. The summed E-state index contributed by atoms with van der Waals surface area (Å²) in [5.74, 6) is 0. The minimum absolute atomic E-state index is 0.0896. The maximum absolute atomic E-state index is 5.11. The van der Waals surface area contributed by atoms with E-state index in [-0.39, 0.29) is 16.2 Å². The van der Waals surface area contributed by atoms with Gasteiger partial charge < -0.3 is 0 Å². The molecule has 5 aliphatic rings. The van der Waals surface area contributed by atoms with Crippen LogP contribution in [0.5, 0.6) is 0 Å². The summed E-state index contributed by atoms with van der Waals surface area (Å²) >= 11 is 0. The summed E-state index contributed by atoms with van der Waals surface area (Å²) in [5, 5.41) is 0. The van der Waals surface area contributed by atoms with Crippen molar-refractivity contribution in [2.24, 2.45) is 21.1 Å². The van der Waals surface area contributed by atoms with E-state index >= 15 is 0 Å². The molecule has 0 N–H and O–H groups in total. The van der Waals surface area contributed by atoms with Gasteiger partial charge in [-0.2, -0.15) is 0 Å². The Morgan fingerprint density at radius 3 is 1.24 bits per heavy atom. The van der Waals surface area contributed by atoms with Gasteiger partial charge in [0.15, 0.2) is 18.6 Å². The Kier molecular flexibility index (Phi) is 15.7. The number of aryl methyl sites for hydroxylation is 11. The van der Waals surface area contributed by atoms with E-state index in [1.165, 1.54) is 213 Å². The van der Waals surface area contributed by atoms with Crippen LogP contribution in [0.4, 0.5) is 0 Å². The van der Waals surface area contributed by atoms with Gasteiger partial charge in [0, 0.05) is 102 Å². The summed E-state index contributed by atoms with van der Waals surface area (Å²) < 4.78 is 6.81. The van der Waals surface area contributed by atoms with Crippen LogP contribution in [-0.4, -0.2) is 15.0 Å². The van der Waals surface area contributed by atoms with Gasteiger partial charge in [-0.3, -0.25) is 15.0 Å². The summed E-state index contributed by atoms with van der Waals surface area (Å²) in [6.45, 7) is 22.0. The van der Waals surface area contributed by atoms with Crippen molar-refractivity contribution in [1.29, 1.82) is 0 Å². The highest BCUT2D eigenvalue weighted by Gasteiger charge is 2.49. The average Bonchev–Trinajstić information content (AvgIpc) is 1.57. The SMILES string of the molecule is Cc1ccc(-c2cc[n+](C)c(-c3cc4c(cc3C)-c3ccc(C)nc3C43CCCC3)c2)cc1.Cc1ccc2c(n1)C(C)(C)c1cc(-c3cc(C)c(-c4ccccc4)c[n+]3C)c(C)cc1-2.Cc1ccc2c(n1)C1(CCCC1)c1cc(-c3ccc(-c4ccccc4)c[n+]3C)c(C)cc1-2. The zero-order chi connectivity index (χ0) is 66.5. The average molecular weight is 1250 g/mol. The monoisotopic (exact) mass is 1250 g/mol. The number of aromatic nitrogens is 6. The molecule has 12 aromatic rings. The maximum Gasteiger partial charge on any atom is 0.213 e. The number of benzene rings is 6. The minimum Gasteiger partial charge on any atom is -0.257 e. The summed E-state index contributed by atoms with van der Waals surface area (Å²) in [5.41, 5.74) is 41.6. The van der Waals surface area contributed by atoms with E-state index in [0.717, 1.165) is 17.1 Å². The highest BCUT2D eigenvalue weighted by Crippen LogP contribution is 2.59. The van der Waals surface area contributed by atoms with Crippen molar-refractivity contribution in [2.45, 2.75) is 137 Å². The molecule has 2 saturated carbocycles. The fourth-order valence-electron chi connectivity index (χ4n) is 17.2. The minimum atomic E-state index is -0.100. The lowest BCUT2D eigenvalue weighted by molar-refractivity contribution is -0.660. The first-order chi connectivity index (χ1) is 46.3. The summed E-state index contributed by atoms with van der Waals surface area (Å²) in [6.07, 6.45) is 16.7. The van der Waals surface area contributed by atoms with Crippen molar-refractivity contribution in [2.75, 3.05) is 0 Å². The second kappa shape index (κ2) is 24.1. The second-order valence-electron chi connectivity index (χ2n) is 29.2. The molecular weight excluding hydrogens is 1170 g/mol. The Labute approximate surface area is 569 Å². The van der Waals surface area contributed by atoms with Crippen LogP contribution in [0.25, 0.3) is 101 Å². The number of hydrogen-bond acceptors (Lipinski definition) is 3. The van der Waals surface area contributed by atoms with Crippen molar-refractivity contribution in [3.05, 3.63) is 285 Å².